The van der Waals surface area contributed by atoms with Crippen LogP contribution in [0.25, 0.3) is 0 Å². The Hall–Kier alpha value is -2.83. The lowest BCUT2D eigenvalue weighted by molar-refractivity contribution is 0.0943. The van der Waals surface area contributed by atoms with Crippen molar-refractivity contribution in [3.8, 4) is 0 Å². The number of benzene rings is 3. The molecular weight excluding hydrogens is 408 g/mol. The first-order valence-corrected chi connectivity index (χ1v) is 11.2. The van der Waals surface area contributed by atoms with E-state index in [1.54, 1.807) is 0 Å². The number of amides is 1. The molecule has 0 aliphatic rings. The van der Waals surface area contributed by atoms with Gasteiger partial charge in [-0.2, -0.15) is 0 Å². The van der Waals surface area contributed by atoms with Crippen LogP contribution in [-0.4, -0.2) is 20.6 Å². The van der Waals surface area contributed by atoms with Gasteiger partial charge in [0.05, 0.1) is 22.9 Å². The summed E-state index contributed by atoms with van der Waals surface area (Å²) >= 11 is 6.25. The summed E-state index contributed by atoms with van der Waals surface area (Å²) in [5.74, 6) is -0.352. The molecule has 5 nitrogen and oxygen atoms in total. The van der Waals surface area contributed by atoms with Gasteiger partial charge < -0.3 is 5.32 Å². The van der Waals surface area contributed by atoms with Crippen LogP contribution in [0.15, 0.2) is 72.8 Å². The van der Waals surface area contributed by atoms with E-state index in [4.69, 9.17) is 11.6 Å². The van der Waals surface area contributed by atoms with Gasteiger partial charge in [-0.05, 0) is 36.2 Å². The second-order valence-corrected chi connectivity index (χ2v) is 8.95. The van der Waals surface area contributed by atoms with Crippen LogP contribution >= 0.6 is 11.6 Å². The molecule has 29 heavy (non-hydrogen) atoms. The predicted octanol–water partition coefficient (Wildman–Crippen LogP) is 4.54. The van der Waals surface area contributed by atoms with Crippen LogP contribution in [-0.2, 0) is 10.0 Å². The first kappa shape index (κ1) is 20.9. The van der Waals surface area contributed by atoms with Gasteiger partial charge in [0.2, 0.25) is 10.0 Å². The normalized spacial score (nSPS) is 12.2. The van der Waals surface area contributed by atoms with E-state index in [0.29, 0.717) is 5.69 Å². The number of nitrogens with one attached hydrogen (secondary N) is 2. The van der Waals surface area contributed by atoms with Crippen molar-refractivity contribution < 1.29 is 13.2 Å². The predicted molar refractivity (Wildman–Crippen MR) is 117 cm³/mol. The van der Waals surface area contributed by atoms with Gasteiger partial charge in [-0.25, -0.2) is 8.42 Å². The number of carbonyl (C=O) groups excluding carboxylic acids is 1. The molecule has 1 atom stereocenters. The maximum absolute atomic E-state index is 13.0. The van der Waals surface area contributed by atoms with E-state index in [1.165, 1.54) is 18.2 Å². The first-order valence-electron chi connectivity index (χ1n) is 8.92. The van der Waals surface area contributed by atoms with Crippen LogP contribution in [0.2, 0.25) is 5.02 Å². The monoisotopic (exact) mass is 428 g/mol. The van der Waals surface area contributed by atoms with Crippen LogP contribution in [0.5, 0.6) is 0 Å². The molecule has 0 bridgehead atoms. The standard InChI is InChI=1S/C22H21ClN2O3S/c1-15-8-10-17(11-9-15)21(16-6-4-3-5-7-16)24-22(26)19-13-12-18(14-20(19)23)25-29(2,27)28/h3-14,21,25H,1-2H3,(H,24,26)/t21-/m1/s1. The Morgan fingerprint density at radius 3 is 2.14 bits per heavy atom. The zero-order valence-electron chi connectivity index (χ0n) is 16.0. The van der Waals surface area contributed by atoms with Crippen molar-refractivity contribution in [3.63, 3.8) is 0 Å². The fraction of sp³-hybridized carbons (Fsp3) is 0.136. The Balaban J connectivity index is 1.90. The highest BCUT2D eigenvalue weighted by Gasteiger charge is 2.19. The molecule has 3 aromatic rings. The summed E-state index contributed by atoms with van der Waals surface area (Å²) in [6, 6.07) is 21.7. The Morgan fingerprint density at radius 1 is 0.931 bits per heavy atom. The maximum atomic E-state index is 13.0. The minimum atomic E-state index is -3.43. The minimum Gasteiger partial charge on any atom is -0.341 e. The van der Waals surface area contributed by atoms with Gasteiger partial charge in [0, 0.05) is 5.69 Å². The number of sulfonamides is 1. The number of rotatable bonds is 6. The Kier molecular flexibility index (Phi) is 6.25. The number of hydrogen-bond acceptors (Lipinski definition) is 3. The lowest BCUT2D eigenvalue weighted by Gasteiger charge is -2.20. The quantitative estimate of drug-likeness (QED) is 0.605. The SMILES string of the molecule is Cc1ccc([C@H](NC(=O)c2ccc(NS(C)(=O)=O)cc2Cl)c2ccccc2)cc1. The summed E-state index contributed by atoms with van der Waals surface area (Å²) in [7, 11) is -3.43. The van der Waals surface area contributed by atoms with Crippen molar-refractivity contribution in [2.75, 3.05) is 11.0 Å². The van der Waals surface area contributed by atoms with Gasteiger partial charge in [0.25, 0.3) is 5.91 Å². The molecule has 2 N–H and O–H groups in total. The Bertz CT molecular complexity index is 1110. The third kappa shape index (κ3) is 5.59. The van der Waals surface area contributed by atoms with Crippen LogP contribution in [0.4, 0.5) is 5.69 Å². The van der Waals surface area contributed by atoms with E-state index >= 15 is 0 Å². The number of halogens is 1. The van der Waals surface area contributed by atoms with E-state index in [9.17, 15) is 13.2 Å². The highest BCUT2D eigenvalue weighted by atomic mass is 35.5. The van der Waals surface area contributed by atoms with Crippen LogP contribution in [0.3, 0.4) is 0 Å². The summed E-state index contributed by atoms with van der Waals surface area (Å²) in [6.07, 6.45) is 1.05. The maximum Gasteiger partial charge on any atom is 0.253 e. The number of aryl methyl sites for hydroxylation is 1. The molecule has 7 heteroatoms. The molecule has 0 saturated heterocycles. The molecule has 0 radical (unpaired) electrons. The molecule has 3 aromatic carbocycles. The van der Waals surface area contributed by atoms with Gasteiger partial charge >= 0.3 is 0 Å². The van der Waals surface area contributed by atoms with Crippen molar-refractivity contribution in [3.05, 3.63) is 100 Å². The van der Waals surface area contributed by atoms with Crippen LogP contribution in [0, 0.1) is 6.92 Å². The third-order valence-corrected chi connectivity index (χ3v) is 5.26. The molecule has 0 fully saturated rings. The summed E-state index contributed by atoms with van der Waals surface area (Å²) in [6.45, 7) is 2.01. The van der Waals surface area contributed by atoms with E-state index in [-0.39, 0.29) is 22.5 Å². The summed E-state index contributed by atoms with van der Waals surface area (Å²) in [4.78, 5) is 13.0. The fourth-order valence-electron chi connectivity index (χ4n) is 2.95. The number of carbonyl (C=O) groups is 1. The number of hydrogen-bond donors (Lipinski definition) is 2. The highest BCUT2D eigenvalue weighted by Crippen LogP contribution is 2.26. The van der Waals surface area contributed by atoms with Crippen LogP contribution < -0.4 is 10.0 Å². The molecule has 0 heterocycles. The molecule has 1 amide bonds. The summed E-state index contributed by atoms with van der Waals surface area (Å²) in [5, 5.41) is 3.19. The van der Waals surface area contributed by atoms with Gasteiger partial charge in [0.1, 0.15) is 0 Å². The van der Waals surface area contributed by atoms with E-state index in [2.05, 4.69) is 10.0 Å². The third-order valence-electron chi connectivity index (χ3n) is 4.34. The smallest absolute Gasteiger partial charge is 0.253 e. The average Bonchev–Trinajstić information content (AvgIpc) is 2.66. The minimum absolute atomic E-state index is 0.159. The van der Waals surface area contributed by atoms with E-state index < -0.39 is 10.0 Å². The van der Waals surface area contributed by atoms with Crippen molar-refractivity contribution >= 4 is 33.2 Å². The largest absolute Gasteiger partial charge is 0.341 e. The zero-order valence-corrected chi connectivity index (χ0v) is 17.6. The molecule has 0 unspecified atom stereocenters. The Labute approximate surface area is 175 Å². The molecule has 0 aliphatic carbocycles. The molecule has 150 valence electrons. The molecule has 0 spiro atoms. The topological polar surface area (TPSA) is 75.3 Å². The molecule has 0 aliphatic heterocycles. The second-order valence-electron chi connectivity index (χ2n) is 6.80. The lowest BCUT2D eigenvalue weighted by atomic mass is 9.97. The molecular formula is C22H21ClN2O3S. The Morgan fingerprint density at radius 2 is 1.55 bits per heavy atom. The van der Waals surface area contributed by atoms with Gasteiger partial charge in [-0.15, -0.1) is 0 Å². The van der Waals surface area contributed by atoms with E-state index in [0.717, 1.165) is 22.9 Å². The molecule has 0 aromatic heterocycles. The second kappa shape index (κ2) is 8.68. The molecule has 3 rings (SSSR count). The van der Waals surface area contributed by atoms with Gasteiger partial charge in [-0.1, -0.05) is 71.8 Å². The van der Waals surface area contributed by atoms with Gasteiger partial charge in [-0.3, -0.25) is 9.52 Å². The molecule has 0 saturated carbocycles. The van der Waals surface area contributed by atoms with Crippen molar-refractivity contribution in [1.82, 2.24) is 5.32 Å². The fourth-order valence-corrected chi connectivity index (χ4v) is 3.77. The van der Waals surface area contributed by atoms with Crippen molar-refractivity contribution in [1.29, 1.82) is 0 Å². The highest BCUT2D eigenvalue weighted by molar-refractivity contribution is 7.92. The number of anilines is 1. The summed E-state index contributed by atoms with van der Waals surface area (Å²) in [5.41, 5.74) is 3.58. The summed E-state index contributed by atoms with van der Waals surface area (Å²) < 4.78 is 25.1. The van der Waals surface area contributed by atoms with Gasteiger partial charge in [0.15, 0.2) is 0 Å². The zero-order chi connectivity index (χ0) is 21.0. The first-order chi connectivity index (χ1) is 13.7. The van der Waals surface area contributed by atoms with E-state index in [1.807, 2.05) is 61.5 Å². The average molecular weight is 429 g/mol. The van der Waals surface area contributed by atoms with Crippen LogP contribution in [0.1, 0.15) is 33.1 Å². The van der Waals surface area contributed by atoms with Crippen molar-refractivity contribution in [2.24, 2.45) is 0 Å². The van der Waals surface area contributed by atoms with Crippen molar-refractivity contribution in [2.45, 2.75) is 13.0 Å². The lowest BCUT2D eigenvalue weighted by Crippen LogP contribution is -2.29.